The summed E-state index contributed by atoms with van der Waals surface area (Å²) in [7, 11) is 0. The van der Waals surface area contributed by atoms with E-state index in [0.717, 1.165) is 15.8 Å². The predicted molar refractivity (Wildman–Crippen MR) is 50.0 cm³/mol. The Bertz CT molecular complexity index is 408. The normalized spacial score (nSPS) is 10.8. The zero-order chi connectivity index (χ0) is 8.55. The van der Waals surface area contributed by atoms with Crippen LogP contribution in [0.1, 0.15) is 0 Å². The summed E-state index contributed by atoms with van der Waals surface area (Å²) in [6.45, 7) is 0. The summed E-state index contributed by atoms with van der Waals surface area (Å²) in [5, 5.41) is 1.09. The van der Waals surface area contributed by atoms with E-state index < -0.39 is 0 Å². The van der Waals surface area contributed by atoms with Crippen LogP contribution in [0, 0.1) is 5.82 Å². The van der Waals surface area contributed by atoms with Crippen LogP contribution >= 0.6 is 11.8 Å². The Morgan fingerprint density at radius 2 is 2.25 bits per heavy atom. The highest BCUT2D eigenvalue weighted by molar-refractivity contribution is 7.98. The van der Waals surface area contributed by atoms with Gasteiger partial charge in [0.2, 0.25) is 0 Å². The van der Waals surface area contributed by atoms with Gasteiger partial charge in [-0.3, -0.25) is 0 Å². The third kappa shape index (κ3) is 1.10. The molecule has 0 aliphatic carbocycles. The molecule has 1 aromatic heterocycles. The van der Waals surface area contributed by atoms with E-state index in [4.69, 9.17) is 0 Å². The minimum Gasteiger partial charge on any atom is -0.361 e. The number of aromatic nitrogens is 1. The van der Waals surface area contributed by atoms with E-state index in [1.54, 1.807) is 17.8 Å². The first-order valence-corrected chi connectivity index (χ1v) is 4.84. The number of halogens is 1. The fraction of sp³-hybridized carbons (Fsp3) is 0.111. The van der Waals surface area contributed by atoms with Gasteiger partial charge in [0.05, 0.1) is 0 Å². The highest BCUT2D eigenvalue weighted by atomic mass is 32.2. The molecule has 0 fully saturated rings. The Labute approximate surface area is 74.0 Å². The summed E-state index contributed by atoms with van der Waals surface area (Å²) in [5.74, 6) is -0.186. The molecule has 0 aliphatic rings. The molecule has 1 N–H and O–H groups in total. The average molecular weight is 181 g/mol. The van der Waals surface area contributed by atoms with Crippen molar-refractivity contribution in [2.75, 3.05) is 6.26 Å². The second-order valence-electron chi connectivity index (χ2n) is 2.55. The van der Waals surface area contributed by atoms with Crippen molar-refractivity contribution in [2.24, 2.45) is 0 Å². The molecule has 1 aromatic carbocycles. The van der Waals surface area contributed by atoms with Crippen molar-refractivity contribution in [1.82, 2.24) is 4.98 Å². The second-order valence-corrected chi connectivity index (χ2v) is 3.40. The maximum absolute atomic E-state index is 12.9. The van der Waals surface area contributed by atoms with E-state index >= 15 is 0 Å². The van der Waals surface area contributed by atoms with Gasteiger partial charge < -0.3 is 4.98 Å². The average Bonchev–Trinajstić information content (AvgIpc) is 2.50. The fourth-order valence-electron chi connectivity index (χ4n) is 1.27. The largest absolute Gasteiger partial charge is 0.361 e. The Morgan fingerprint density at radius 3 is 3.00 bits per heavy atom. The van der Waals surface area contributed by atoms with E-state index in [-0.39, 0.29) is 5.82 Å². The number of hydrogen-bond acceptors (Lipinski definition) is 1. The summed E-state index contributed by atoms with van der Waals surface area (Å²) in [4.78, 5) is 3.96. The van der Waals surface area contributed by atoms with Crippen molar-refractivity contribution in [1.29, 1.82) is 0 Å². The number of benzene rings is 1. The first-order valence-electron chi connectivity index (χ1n) is 3.62. The zero-order valence-electron chi connectivity index (χ0n) is 6.60. The van der Waals surface area contributed by atoms with Crippen LogP contribution in [0.3, 0.4) is 0 Å². The topological polar surface area (TPSA) is 15.8 Å². The summed E-state index contributed by atoms with van der Waals surface area (Å²) >= 11 is 1.56. The van der Waals surface area contributed by atoms with Gasteiger partial charge in [0.25, 0.3) is 0 Å². The van der Waals surface area contributed by atoms with Gasteiger partial charge >= 0.3 is 0 Å². The molecule has 12 heavy (non-hydrogen) atoms. The number of thioether (sulfide) groups is 1. The second kappa shape index (κ2) is 2.83. The SMILES string of the molecule is CSc1cc(F)cc2[nH]ccc12. The molecule has 3 heteroatoms. The van der Waals surface area contributed by atoms with Crippen molar-refractivity contribution in [3.8, 4) is 0 Å². The number of aromatic amines is 1. The highest BCUT2D eigenvalue weighted by Gasteiger charge is 2.02. The maximum atomic E-state index is 12.9. The van der Waals surface area contributed by atoms with Crippen LogP contribution in [0.5, 0.6) is 0 Å². The molecule has 62 valence electrons. The van der Waals surface area contributed by atoms with Crippen LogP contribution in [-0.4, -0.2) is 11.2 Å². The van der Waals surface area contributed by atoms with Crippen molar-refractivity contribution in [3.63, 3.8) is 0 Å². The van der Waals surface area contributed by atoms with Crippen LogP contribution in [0.25, 0.3) is 10.9 Å². The molecule has 0 aliphatic heterocycles. The molecule has 0 amide bonds. The molecule has 2 aromatic rings. The van der Waals surface area contributed by atoms with E-state index in [0.29, 0.717) is 0 Å². The first kappa shape index (κ1) is 7.68. The van der Waals surface area contributed by atoms with Crippen LogP contribution in [-0.2, 0) is 0 Å². The quantitative estimate of drug-likeness (QED) is 0.668. The number of nitrogens with one attached hydrogen (secondary N) is 1. The molecule has 0 unspecified atom stereocenters. The molecule has 0 saturated carbocycles. The Balaban J connectivity index is 2.80. The smallest absolute Gasteiger partial charge is 0.126 e. The summed E-state index contributed by atoms with van der Waals surface area (Å²) in [5.41, 5.74) is 0.861. The van der Waals surface area contributed by atoms with Crippen LogP contribution in [0.4, 0.5) is 4.39 Å². The van der Waals surface area contributed by atoms with Crippen LogP contribution in [0.15, 0.2) is 29.3 Å². The summed E-state index contributed by atoms with van der Waals surface area (Å²) in [6.07, 6.45) is 3.77. The van der Waals surface area contributed by atoms with Gasteiger partial charge in [-0.05, 0) is 24.5 Å². The van der Waals surface area contributed by atoms with Crippen molar-refractivity contribution in [2.45, 2.75) is 4.90 Å². The summed E-state index contributed by atoms with van der Waals surface area (Å²) < 4.78 is 12.9. The fourth-order valence-corrected chi connectivity index (χ4v) is 1.90. The summed E-state index contributed by atoms with van der Waals surface area (Å²) in [6, 6.07) is 5.02. The van der Waals surface area contributed by atoms with Crippen LogP contribution in [0.2, 0.25) is 0 Å². The van der Waals surface area contributed by atoms with Gasteiger partial charge in [0.15, 0.2) is 0 Å². The van der Waals surface area contributed by atoms with Gasteiger partial charge in [-0.15, -0.1) is 11.8 Å². The van der Waals surface area contributed by atoms with Gasteiger partial charge in [-0.1, -0.05) is 0 Å². The van der Waals surface area contributed by atoms with E-state index in [9.17, 15) is 4.39 Å². The van der Waals surface area contributed by atoms with Crippen LogP contribution < -0.4 is 0 Å². The lowest BCUT2D eigenvalue weighted by Gasteiger charge is -1.98. The molecule has 0 radical (unpaired) electrons. The van der Waals surface area contributed by atoms with Gasteiger partial charge in [-0.2, -0.15) is 0 Å². The Kier molecular flexibility index (Phi) is 1.81. The lowest BCUT2D eigenvalue weighted by atomic mass is 10.2. The molecule has 0 spiro atoms. The van der Waals surface area contributed by atoms with E-state index in [2.05, 4.69) is 4.98 Å². The number of fused-ring (bicyclic) bond motifs is 1. The highest BCUT2D eigenvalue weighted by Crippen LogP contribution is 2.26. The zero-order valence-corrected chi connectivity index (χ0v) is 7.41. The van der Waals surface area contributed by atoms with Crippen molar-refractivity contribution < 1.29 is 4.39 Å². The Hall–Kier alpha value is -0.960. The van der Waals surface area contributed by atoms with Crippen molar-refractivity contribution >= 4 is 22.7 Å². The number of hydrogen-bond donors (Lipinski definition) is 1. The minimum atomic E-state index is -0.186. The van der Waals surface area contributed by atoms with Gasteiger partial charge in [0, 0.05) is 22.0 Å². The minimum absolute atomic E-state index is 0.186. The van der Waals surface area contributed by atoms with Gasteiger partial charge in [-0.25, -0.2) is 4.39 Å². The number of H-pyrrole nitrogens is 1. The molecule has 0 bridgehead atoms. The lowest BCUT2D eigenvalue weighted by Crippen LogP contribution is -1.77. The van der Waals surface area contributed by atoms with Gasteiger partial charge in [0.1, 0.15) is 5.82 Å². The van der Waals surface area contributed by atoms with E-state index in [1.807, 2.05) is 18.5 Å². The lowest BCUT2D eigenvalue weighted by molar-refractivity contribution is 0.626. The third-order valence-electron chi connectivity index (χ3n) is 1.82. The van der Waals surface area contributed by atoms with Crippen molar-refractivity contribution in [3.05, 3.63) is 30.2 Å². The molecule has 2 rings (SSSR count). The maximum Gasteiger partial charge on any atom is 0.126 e. The molecule has 0 atom stereocenters. The predicted octanol–water partition coefficient (Wildman–Crippen LogP) is 3.03. The molecule has 0 saturated heterocycles. The third-order valence-corrected chi connectivity index (χ3v) is 2.59. The monoisotopic (exact) mass is 181 g/mol. The Morgan fingerprint density at radius 1 is 1.42 bits per heavy atom. The first-order chi connectivity index (χ1) is 5.81. The molecular weight excluding hydrogens is 173 g/mol. The standard InChI is InChI=1S/C9H8FNS/c1-12-9-5-6(10)4-8-7(9)2-3-11-8/h2-5,11H,1H3. The van der Waals surface area contributed by atoms with E-state index in [1.165, 1.54) is 6.07 Å². The molecule has 1 nitrogen and oxygen atoms in total. The number of rotatable bonds is 1. The molecular formula is C9H8FNS. The molecule has 1 heterocycles.